The molecule has 0 aliphatic carbocycles. The van der Waals surface area contributed by atoms with Crippen LogP contribution in [0.4, 0.5) is 0 Å². The van der Waals surface area contributed by atoms with E-state index in [1.54, 1.807) is 24.3 Å². The van der Waals surface area contributed by atoms with E-state index in [2.05, 4.69) is 0 Å². The molecule has 0 aromatic heterocycles. The van der Waals surface area contributed by atoms with Crippen molar-refractivity contribution in [2.75, 3.05) is 6.54 Å². The van der Waals surface area contributed by atoms with Gasteiger partial charge in [-0.3, -0.25) is 14.4 Å². The molecular weight excluding hydrogens is 218 g/mol. The van der Waals surface area contributed by atoms with Crippen LogP contribution in [0.3, 0.4) is 0 Å². The summed E-state index contributed by atoms with van der Waals surface area (Å²) in [6.07, 6.45) is 0.520. The second-order valence-electron chi connectivity index (χ2n) is 4.67. The molecule has 0 bridgehead atoms. The minimum atomic E-state index is -0.502. The molecule has 0 aliphatic rings. The van der Waals surface area contributed by atoms with Crippen molar-refractivity contribution in [1.29, 1.82) is 0 Å². The average molecular weight is 235 g/mol. The summed E-state index contributed by atoms with van der Waals surface area (Å²) in [5.74, 6) is -0.151. The molecule has 0 N–H and O–H groups in total. The molecule has 4 heteroatoms. The summed E-state index contributed by atoms with van der Waals surface area (Å²) in [5, 5.41) is 1.02. The van der Waals surface area contributed by atoms with E-state index in [9.17, 15) is 9.59 Å². The molecule has 0 atom stereocenters. The number of rotatable bonds is 5. The van der Waals surface area contributed by atoms with Crippen LogP contribution in [0.1, 0.15) is 31.1 Å². The Morgan fingerprint density at radius 1 is 1.29 bits per heavy atom. The van der Waals surface area contributed by atoms with Crippen LogP contribution in [0, 0.1) is 0 Å². The van der Waals surface area contributed by atoms with E-state index in [1.807, 2.05) is 26.8 Å². The molecule has 1 aromatic rings. The minimum absolute atomic E-state index is 0.0786. The Labute approximate surface area is 101 Å². The SMILES string of the molecule is CC(C)(C)ON(C=O)CC(=O)c1ccccc1. The lowest BCUT2D eigenvalue weighted by atomic mass is 10.1. The number of amides is 1. The van der Waals surface area contributed by atoms with E-state index in [0.717, 1.165) is 5.06 Å². The van der Waals surface area contributed by atoms with Crippen molar-refractivity contribution in [3.63, 3.8) is 0 Å². The highest BCUT2D eigenvalue weighted by Gasteiger charge is 2.18. The maximum absolute atomic E-state index is 11.8. The molecule has 0 heterocycles. The molecule has 0 radical (unpaired) electrons. The van der Waals surface area contributed by atoms with Crippen molar-refractivity contribution in [1.82, 2.24) is 5.06 Å². The zero-order valence-electron chi connectivity index (χ0n) is 10.3. The van der Waals surface area contributed by atoms with Gasteiger partial charge < -0.3 is 0 Å². The zero-order valence-corrected chi connectivity index (χ0v) is 10.3. The number of hydrogen-bond donors (Lipinski definition) is 0. The number of benzene rings is 1. The van der Waals surface area contributed by atoms with Gasteiger partial charge in [-0.15, -0.1) is 0 Å². The second-order valence-corrected chi connectivity index (χ2v) is 4.67. The Kier molecular flexibility index (Phi) is 4.40. The van der Waals surface area contributed by atoms with Gasteiger partial charge in [0.25, 0.3) is 0 Å². The third-order valence-electron chi connectivity index (χ3n) is 1.90. The summed E-state index contributed by atoms with van der Waals surface area (Å²) in [6.45, 7) is 5.37. The average Bonchev–Trinajstić information content (AvgIpc) is 2.27. The zero-order chi connectivity index (χ0) is 12.9. The third-order valence-corrected chi connectivity index (χ3v) is 1.90. The summed E-state index contributed by atoms with van der Waals surface area (Å²) < 4.78 is 0. The number of hydroxylamine groups is 2. The van der Waals surface area contributed by atoms with Crippen LogP contribution >= 0.6 is 0 Å². The fourth-order valence-corrected chi connectivity index (χ4v) is 1.30. The summed E-state index contributed by atoms with van der Waals surface area (Å²) in [6, 6.07) is 8.82. The first-order valence-electron chi connectivity index (χ1n) is 5.42. The van der Waals surface area contributed by atoms with Gasteiger partial charge in [-0.05, 0) is 20.8 Å². The van der Waals surface area contributed by atoms with Gasteiger partial charge in [-0.1, -0.05) is 30.3 Å². The summed E-state index contributed by atoms with van der Waals surface area (Å²) in [5.41, 5.74) is 0.0644. The van der Waals surface area contributed by atoms with E-state index >= 15 is 0 Å². The predicted molar refractivity (Wildman–Crippen MR) is 64.4 cm³/mol. The fraction of sp³-hybridized carbons (Fsp3) is 0.385. The highest BCUT2D eigenvalue weighted by molar-refractivity contribution is 5.98. The van der Waals surface area contributed by atoms with Crippen LogP contribution in [0.2, 0.25) is 0 Å². The molecule has 17 heavy (non-hydrogen) atoms. The van der Waals surface area contributed by atoms with Gasteiger partial charge in [-0.2, -0.15) is 0 Å². The van der Waals surface area contributed by atoms with Crippen LogP contribution < -0.4 is 0 Å². The molecule has 0 unspecified atom stereocenters. The molecule has 4 nitrogen and oxygen atoms in total. The molecule has 1 rings (SSSR count). The van der Waals surface area contributed by atoms with Crippen LogP contribution in [0.25, 0.3) is 0 Å². The van der Waals surface area contributed by atoms with Crippen molar-refractivity contribution < 1.29 is 14.4 Å². The molecule has 1 aromatic carbocycles. The van der Waals surface area contributed by atoms with Gasteiger partial charge in [0.2, 0.25) is 6.41 Å². The predicted octanol–water partition coefficient (Wildman–Crippen LogP) is 2.06. The summed E-state index contributed by atoms with van der Waals surface area (Å²) in [4.78, 5) is 27.9. The quantitative estimate of drug-likeness (QED) is 0.446. The maximum atomic E-state index is 11.8. The molecule has 92 valence electrons. The van der Waals surface area contributed by atoms with Crippen molar-refractivity contribution in [2.45, 2.75) is 26.4 Å². The van der Waals surface area contributed by atoms with Crippen molar-refractivity contribution in [3.8, 4) is 0 Å². The first-order valence-corrected chi connectivity index (χ1v) is 5.42. The van der Waals surface area contributed by atoms with Crippen molar-refractivity contribution >= 4 is 12.2 Å². The lowest BCUT2D eigenvalue weighted by Gasteiger charge is -2.26. The van der Waals surface area contributed by atoms with Crippen LogP contribution in [0.5, 0.6) is 0 Å². The van der Waals surface area contributed by atoms with E-state index in [1.165, 1.54) is 0 Å². The molecule has 0 fully saturated rings. The Morgan fingerprint density at radius 3 is 2.35 bits per heavy atom. The Morgan fingerprint density at radius 2 is 1.88 bits per heavy atom. The van der Waals surface area contributed by atoms with Gasteiger partial charge in [0, 0.05) is 5.56 Å². The van der Waals surface area contributed by atoms with Crippen molar-refractivity contribution in [3.05, 3.63) is 35.9 Å². The van der Waals surface area contributed by atoms with Gasteiger partial charge in [0.15, 0.2) is 5.78 Å². The Balaban J connectivity index is 2.64. The fourth-order valence-electron chi connectivity index (χ4n) is 1.30. The highest BCUT2D eigenvalue weighted by Crippen LogP contribution is 2.10. The highest BCUT2D eigenvalue weighted by atomic mass is 16.7. The van der Waals surface area contributed by atoms with E-state index in [0.29, 0.717) is 12.0 Å². The van der Waals surface area contributed by atoms with Crippen LogP contribution in [-0.4, -0.2) is 29.4 Å². The van der Waals surface area contributed by atoms with E-state index < -0.39 is 5.60 Å². The lowest BCUT2D eigenvalue weighted by molar-refractivity contribution is -0.211. The lowest BCUT2D eigenvalue weighted by Crippen LogP contribution is -2.36. The van der Waals surface area contributed by atoms with Crippen LogP contribution in [-0.2, 0) is 9.63 Å². The normalized spacial score (nSPS) is 11.0. The van der Waals surface area contributed by atoms with Gasteiger partial charge in [-0.25, -0.2) is 5.06 Å². The monoisotopic (exact) mass is 235 g/mol. The van der Waals surface area contributed by atoms with Gasteiger partial charge in [0.05, 0.1) is 5.60 Å². The Bertz CT molecular complexity index is 381. The molecular formula is C13H17NO3. The minimum Gasteiger partial charge on any atom is -0.292 e. The molecule has 1 amide bonds. The topological polar surface area (TPSA) is 46.6 Å². The number of nitrogens with zero attached hydrogens (tertiary/aromatic N) is 1. The number of ketones is 1. The van der Waals surface area contributed by atoms with Crippen molar-refractivity contribution in [2.24, 2.45) is 0 Å². The Hall–Kier alpha value is -1.68. The van der Waals surface area contributed by atoms with Gasteiger partial charge >= 0.3 is 0 Å². The van der Waals surface area contributed by atoms with E-state index in [4.69, 9.17) is 4.84 Å². The third kappa shape index (κ3) is 4.78. The first kappa shape index (κ1) is 13.4. The smallest absolute Gasteiger partial charge is 0.233 e. The second kappa shape index (κ2) is 5.59. The number of Topliss-reactive ketones (excluding diaryl/α,β-unsaturated/α-hetero) is 1. The number of carbonyl (C=O) groups excluding carboxylic acids is 2. The standard InChI is InChI=1S/C13H17NO3/c1-13(2,3)17-14(10-15)9-12(16)11-7-5-4-6-8-11/h4-8,10H,9H2,1-3H3. The number of carbonyl (C=O) groups is 2. The molecule has 0 aliphatic heterocycles. The summed E-state index contributed by atoms with van der Waals surface area (Å²) in [7, 11) is 0. The molecule has 0 spiro atoms. The maximum Gasteiger partial charge on any atom is 0.233 e. The largest absolute Gasteiger partial charge is 0.292 e. The molecule has 0 saturated carbocycles. The first-order chi connectivity index (χ1) is 7.92. The number of hydrogen-bond acceptors (Lipinski definition) is 3. The molecule has 0 saturated heterocycles. The summed E-state index contributed by atoms with van der Waals surface area (Å²) >= 11 is 0. The van der Waals surface area contributed by atoms with Crippen LogP contribution in [0.15, 0.2) is 30.3 Å². The van der Waals surface area contributed by atoms with E-state index in [-0.39, 0.29) is 12.3 Å². The van der Waals surface area contributed by atoms with Gasteiger partial charge in [0.1, 0.15) is 6.54 Å².